The summed E-state index contributed by atoms with van der Waals surface area (Å²) in [5, 5.41) is 5.60. The van der Waals surface area contributed by atoms with Gasteiger partial charge in [-0.2, -0.15) is 0 Å². The Balaban J connectivity index is 2.57. The van der Waals surface area contributed by atoms with Crippen LogP contribution in [0, 0.1) is 13.8 Å². The van der Waals surface area contributed by atoms with E-state index in [2.05, 4.69) is 29.2 Å². The van der Waals surface area contributed by atoms with Crippen LogP contribution in [0.3, 0.4) is 0 Å². The van der Waals surface area contributed by atoms with Crippen LogP contribution < -0.4 is 5.73 Å². The lowest BCUT2D eigenvalue weighted by molar-refractivity contribution is 0.453. The lowest BCUT2D eigenvalue weighted by Gasteiger charge is -2.03. The van der Waals surface area contributed by atoms with Crippen LogP contribution in [-0.4, -0.2) is 10.1 Å². The lowest BCUT2D eigenvalue weighted by Crippen LogP contribution is -1.88. The Morgan fingerprint density at radius 1 is 1.12 bits per heavy atom. The van der Waals surface area contributed by atoms with Gasteiger partial charge in [0, 0.05) is 5.39 Å². The van der Waals surface area contributed by atoms with Gasteiger partial charge in [-0.3, -0.25) is 0 Å². The van der Waals surface area contributed by atoms with Gasteiger partial charge in [0.1, 0.15) is 0 Å². The Kier molecular flexibility index (Phi) is 1.68. The maximum atomic E-state index is 5.71. The molecule has 0 amide bonds. The van der Waals surface area contributed by atoms with Crippen molar-refractivity contribution in [3.8, 4) is 0 Å². The fraction of sp³-hybridized carbons (Fsp3) is 0.167. The van der Waals surface area contributed by atoms with Gasteiger partial charge in [0.05, 0.1) is 10.9 Å². The highest BCUT2D eigenvalue weighted by Gasteiger charge is 2.10. The molecule has 0 radical (unpaired) electrons. The van der Waals surface area contributed by atoms with Crippen molar-refractivity contribution in [2.24, 2.45) is 0 Å². The van der Waals surface area contributed by atoms with Gasteiger partial charge in [-0.25, -0.2) is 4.98 Å². The third-order valence-corrected chi connectivity index (χ3v) is 2.88. The number of hydrogen-bond acceptors (Lipinski definition) is 4. The fourth-order valence-corrected chi connectivity index (χ4v) is 1.91. The highest BCUT2D eigenvalue weighted by atomic mass is 16.5. The summed E-state index contributed by atoms with van der Waals surface area (Å²) in [7, 11) is 0. The predicted octanol–water partition coefficient (Wildman–Crippen LogP) is 2.58. The number of pyridine rings is 1. The van der Waals surface area contributed by atoms with E-state index in [1.54, 1.807) is 0 Å². The first-order chi connectivity index (χ1) is 7.66. The molecule has 3 aromatic rings. The van der Waals surface area contributed by atoms with Crippen molar-refractivity contribution >= 4 is 27.8 Å². The minimum atomic E-state index is 0.394. The molecule has 0 spiro atoms. The molecule has 0 saturated carbocycles. The van der Waals surface area contributed by atoms with Gasteiger partial charge in [0.15, 0.2) is 5.82 Å². The Morgan fingerprint density at radius 3 is 2.69 bits per heavy atom. The van der Waals surface area contributed by atoms with Crippen molar-refractivity contribution in [2.75, 3.05) is 5.73 Å². The molecule has 0 saturated heterocycles. The first-order valence-corrected chi connectivity index (χ1v) is 5.08. The second-order valence-corrected chi connectivity index (χ2v) is 4.00. The normalized spacial score (nSPS) is 11.4. The van der Waals surface area contributed by atoms with Gasteiger partial charge in [-0.15, -0.1) is 0 Å². The molecule has 0 fully saturated rings. The summed E-state index contributed by atoms with van der Waals surface area (Å²) in [5.41, 5.74) is 9.46. The van der Waals surface area contributed by atoms with Crippen molar-refractivity contribution in [3.63, 3.8) is 0 Å². The van der Waals surface area contributed by atoms with Crippen molar-refractivity contribution in [1.29, 1.82) is 0 Å². The highest BCUT2D eigenvalue weighted by molar-refractivity contribution is 5.97. The van der Waals surface area contributed by atoms with Gasteiger partial charge >= 0.3 is 0 Å². The molecule has 0 bridgehead atoms. The summed E-state index contributed by atoms with van der Waals surface area (Å²) < 4.78 is 5.07. The fourth-order valence-electron chi connectivity index (χ4n) is 1.91. The summed E-state index contributed by atoms with van der Waals surface area (Å²) in [6, 6.07) is 6.12. The minimum absolute atomic E-state index is 0.394. The second kappa shape index (κ2) is 2.95. The Hall–Kier alpha value is -2.10. The van der Waals surface area contributed by atoms with E-state index in [0.717, 1.165) is 21.9 Å². The molecule has 4 heteroatoms. The van der Waals surface area contributed by atoms with Crippen molar-refractivity contribution in [1.82, 2.24) is 10.1 Å². The van der Waals surface area contributed by atoms with Gasteiger partial charge in [-0.1, -0.05) is 17.3 Å². The number of nitrogens with zero attached hydrogens (tertiary/aromatic N) is 2. The summed E-state index contributed by atoms with van der Waals surface area (Å²) in [4.78, 5) is 4.45. The Labute approximate surface area is 92.0 Å². The van der Waals surface area contributed by atoms with E-state index < -0.39 is 0 Å². The second-order valence-electron chi connectivity index (χ2n) is 4.00. The number of aryl methyl sites for hydroxylation is 2. The molecule has 80 valence electrons. The minimum Gasteiger partial charge on any atom is -0.380 e. The summed E-state index contributed by atoms with van der Waals surface area (Å²) in [5.74, 6) is 0.394. The van der Waals surface area contributed by atoms with Crippen molar-refractivity contribution in [3.05, 3.63) is 29.3 Å². The number of nitrogens with two attached hydrogens (primary N) is 1. The topological polar surface area (TPSA) is 64.9 Å². The van der Waals surface area contributed by atoms with Crippen LogP contribution in [0.1, 0.15) is 11.1 Å². The SMILES string of the molecule is Cc1ccc(C)c2nc3onc(N)c3cc12. The quantitative estimate of drug-likeness (QED) is 0.623. The Morgan fingerprint density at radius 2 is 1.88 bits per heavy atom. The molecular weight excluding hydrogens is 202 g/mol. The van der Waals surface area contributed by atoms with Gasteiger partial charge in [-0.05, 0) is 31.0 Å². The lowest BCUT2D eigenvalue weighted by atomic mass is 10.0. The van der Waals surface area contributed by atoms with E-state index in [1.165, 1.54) is 5.56 Å². The molecule has 3 rings (SSSR count). The van der Waals surface area contributed by atoms with Crippen LogP contribution in [0.5, 0.6) is 0 Å². The van der Waals surface area contributed by atoms with Crippen molar-refractivity contribution in [2.45, 2.75) is 13.8 Å². The zero-order chi connectivity index (χ0) is 11.3. The predicted molar refractivity (Wildman–Crippen MR) is 63.2 cm³/mol. The van der Waals surface area contributed by atoms with Gasteiger partial charge < -0.3 is 10.3 Å². The summed E-state index contributed by atoms with van der Waals surface area (Å²) >= 11 is 0. The highest BCUT2D eigenvalue weighted by Crippen LogP contribution is 2.27. The van der Waals surface area contributed by atoms with E-state index in [0.29, 0.717) is 11.5 Å². The van der Waals surface area contributed by atoms with E-state index in [9.17, 15) is 0 Å². The van der Waals surface area contributed by atoms with Gasteiger partial charge in [0.25, 0.3) is 5.71 Å². The first-order valence-electron chi connectivity index (χ1n) is 5.08. The zero-order valence-electron chi connectivity index (χ0n) is 9.11. The standard InChI is InChI=1S/C12H11N3O/c1-6-3-4-7(2)10-8(6)5-9-11(13)15-16-12(9)14-10/h3-5H,1-2H3,(H2,13,15). The van der Waals surface area contributed by atoms with E-state index in [1.807, 2.05) is 13.0 Å². The smallest absolute Gasteiger partial charge is 0.260 e. The number of nitrogen functional groups attached to an aromatic ring is 1. The average molecular weight is 213 g/mol. The van der Waals surface area contributed by atoms with Gasteiger partial charge in [0.2, 0.25) is 0 Å². The maximum Gasteiger partial charge on any atom is 0.260 e. The third-order valence-electron chi connectivity index (χ3n) is 2.88. The van der Waals surface area contributed by atoms with Crippen LogP contribution in [0.2, 0.25) is 0 Å². The van der Waals surface area contributed by atoms with E-state index in [4.69, 9.17) is 10.3 Å². The van der Waals surface area contributed by atoms with Crippen molar-refractivity contribution < 1.29 is 4.52 Å². The molecule has 16 heavy (non-hydrogen) atoms. The average Bonchev–Trinajstić information content (AvgIpc) is 2.64. The van der Waals surface area contributed by atoms with Crippen LogP contribution in [-0.2, 0) is 0 Å². The number of rotatable bonds is 0. The van der Waals surface area contributed by atoms with E-state index >= 15 is 0 Å². The first kappa shape index (κ1) is 9.15. The number of hydrogen-bond donors (Lipinski definition) is 1. The molecule has 2 heterocycles. The molecule has 0 atom stereocenters. The molecule has 4 nitrogen and oxygen atoms in total. The molecule has 1 aromatic carbocycles. The van der Waals surface area contributed by atoms with Crippen LogP contribution in [0.4, 0.5) is 5.82 Å². The molecule has 0 aliphatic carbocycles. The summed E-state index contributed by atoms with van der Waals surface area (Å²) in [6.07, 6.45) is 0. The van der Waals surface area contributed by atoms with Crippen LogP contribution in [0.15, 0.2) is 22.7 Å². The molecule has 2 N–H and O–H groups in total. The molecular formula is C12H11N3O. The molecule has 0 aliphatic rings. The van der Waals surface area contributed by atoms with Crippen LogP contribution >= 0.6 is 0 Å². The number of anilines is 1. The maximum absolute atomic E-state index is 5.71. The number of benzene rings is 1. The van der Waals surface area contributed by atoms with Crippen LogP contribution in [0.25, 0.3) is 22.0 Å². The van der Waals surface area contributed by atoms with E-state index in [-0.39, 0.29) is 0 Å². The number of fused-ring (bicyclic) bond motifs is 2. The largest absolute Gasteiger partial charge is 0.380 e. The summed E-state index contributed by atoms with van der Waals surface area (Å²) in [6.45, 7) is 4.08. The Bertz CT molecular complexity index is 700. The third kappa shape index (κ3) is 1.10. The monoisotopic (exact) mass is 213 g/mol. The zero-order valence-corrected chi connectivity index (χ0v) is 9.11. The molecule has 2 aromatic heterocycles. The molecule has 0 unspecified atom stereocenters. The molecule has 0 aliphatic heterocycles. The number of aromatic nitrogens is 2.